The molecule has 1 unspecified atom stereocenters. The van der Waals surface area contributed by atoms with E-state index in [4.69, 9.17) is 11.6 Å². The molecule has 0 aromatic rings. The second-order valence-corrected chi connectivity index (χ2v) is 10.0. The summed E-state index contributed by atoms with van der Waals surface area (Å²) < 4.78 is 0. The zero-order chi connectivity index (χ0) is 10.4. The number of carbonyl (C=O) groups excluding carboxylic acids is 1. The summed E-state index contributed by atoms with van der Waals surface area (Å²) in [5.74, 6) is -0.00856. The molecular weight excluding hydrogens is 200 g/mol. The van der Waals surface area contributed by atoms with Gasteiger partial charge < -0.3 is 0 Å². The van der Waals surface area contributed by atoms with E-state index in [1.807, 2.05) is 6.92 Å². The molecule has 0 bridgehead atoms. The first-order chi connectivity index (χ1) is 5.76. The van der Waals surface area contributed by atoms with Gasteiger partial charge in [0, 0.05) is 0 Å². The van der Waals surface area contributed by atoms with E-state index >= 15 is 0 Å². The Bertz CT molecular complexity index is 309. The van der Waals surface area contributed by atoms with Crippen LogP contribution in [0.4, 0.5) is 0 Å². The van der Waals surface area contributed by atoms with E-state index < -0.39 is 8.07 Å². The Morgan fingerprint density at radius 1 is 1.46 bits per heavy atom. The van der Waals surface area contributed by atoms with Crippen molar-refractivity contribution in [2.24, 2.45) is 5.92 Å². The number of Topliss-reactive ketones (excluding diaryl/α,β-unsaturated/α-hetero) is 1. The lowest BCUT2D eigenvalue weighted by atomic mass is 9.87. The molecule has 1 nitrogen and oxygen atoms in total. The predicted octanol–water partition coefficient (Wildman–Crippen LogP) is 3.13. The molecule has 0 aromatic heterocycles. The van der Waals surface area contributed by atoms with E-state index in [9.17, 15) is 4.79 Å². The molecule has 1 aliphatic carbocycles. The maximum atomic E-state index is 11.4. The van der Waals surface area contributed by atoms with E-state index in [0.29, 0.717) is 5.03 Å². The van der Waals surface area contributed by atoms with Crippen LogP contribution in [-0.2, 0) is 4.79 Å². The van der Waals surface area contributed by atoms with Crippen molar-refractivity contribution in [3.05, 3.63) is 22.4 Å². The van der Waals surface area contributed by atoms with Crippen LogP contribution < -0.4 is 0 Å². The van der Waals surface area contributed by atoms with Crippen LogP contribution >= 0.6 is 11.6 Å². The second kappa shape index (κ2) is 3.10. The van der Waals surface area contributed by atoms with Crippen molar-refractivity contribution in [1.29, 1.82) is 0 Å². The van der Waals surface area contributed by atoms with Crippen molar-refractivity contribution < 1.29 is 4.79 Å². The zero-order valence-corrected chi connectivity index (χ0v) is 10.3. The van der Waals surface area contributed by atoms with E-state index in [2.05, 4.69) is 26.2 Å². The smallest absolute Gasteiger partial charge is 0.184 e. The molecule has 0 spiro atoms. The van der Waals surface area contributed by atoms with Crippen molar-refractivity contribution in [1.82, 2.24) is 0 Å². The van der Waals surface area contributed by atoms with Crippen LogP contribution in [0, 0.1) is 5.92 Å². The molecule has 0 aromatic carbocycles. The molecule has 0 saturated heterocycles. The summed E-state index contributed by atoms with van der Waals surface area (Å²) in [7, 11) is -1.44. The number of hydrogen-bond donors (Lipinski definition) is 0. The number of allylic oxidation sites excluding steroid dienone is 3. The van der Waals surface area contributed by atoms with E-state index in [-0.39, 0.29) is 11.7 Å². The van der Waals surface area contributed by atoms with Crippen molar-refractivity contribution in [3.8, 4) is 0 Å². The molecule has 3 heteroatoms. The maximum absolute atomic E-state index is 11.4. The maximum Gasteiger partial charge on any atom is 0.184 e. The average molecular weight is 215 g/mol. The van der Waals surface area contributed by atoms with E-state index in [1.54, 1.807) is 0 Å². The van der Waals surface area contributed by atoms with E-state index in [1.165, 1.54) is 5.20 Å². The largest absolute Gasteiger partial charge is 0.292 e. The third kappa shape index (κ3) is 1.65. The van der Waals surface area contributed by atoms with E-state index in [0.717, 1.165) is 5.57 Å². The van der Waals surface area contributed by atoms with Gasteiger partial charge in [-0.15, -0.1) is 0 Å². The van der Waals surface area contributed by atoms with Gasteiger partial charge in [0.05, 0.1) is 19.0 Å². The van der Waals surface area contributed by atoms with Crippen LogP contribution in [0.5, 0.6) is 0 Å². The fraction of sp³-hybridized carbons (Fsp3) is 0.500. The first-order valence-corrected chi connectivity index (χ1v) is 8.24. The van der Waals surface area contributed by atoms with Gasteiger partial charge in [-0.3, -0.25) is 4.79 Å². The molecule has 0 saturated carbocycles. The summed E-state index contributed by atoms with van der Waals surface area (Å²) in [6.45, 7) is 12.3. The van der Waals surface area contributed by atoms with Crippen LogP contribution in [0.3, 0.4) is 0 Å². The molecule has 1 aliphatic rings. The number of rotatable bonds is 2. The molecule has 0 radical (unpaired) electrons. The summed E-state index contributed by atoms with van der Waals surface area (Å²) in [6, 6.07) is 0. The van der Waals surface area contributed by atoms with Gasteiger partial charge in [0.2, 0.25) is 0 Å². The Morgan fingerprint density at radius 3 is 2.15 bits per heavy atom. The van der Waals surface area contributed by atoms with Crippen LogP contribution in [0.2, 0.25) is 19.6 Å². The summed E-state index contributed by atoms with van der Waals surface area (Å²) in [5, 5.41) is 1.65. The van der Waals surface area contributed by atoms with Crippen LogP contribution in [0.15, 0.2) is 22.4 Å². The minimum Gasteiger partial charge on any atom is -0.292 e. The first kappa shape index (κ1) is 10.7. The normalized spacial score (nSPS) is 23.2. The molecule has 13 heavy (non-hydrogen) atoms. The Balaban J connectivity index is 3.10. The highest BCUT2D eigenvalue weighted by molar-refractivity contribution is 6.86. The predicted molar refractivity (Wildman–Crippen MR) is 59.5 cm³/mol. The number of hydrogen-bond acceptors (Lipinski definition) is 1. The Kier molecular flexibility index (Phi) is 2.56. The number of ketones is 1. The molecule has 0 fully saturated rings. The topological polar surface area (TPSA) is 17.1 Å². The number of carbonyl (C=O) groups is 1. The Labute approximate surface area is 85.5 Å². The minimum absolute atomic E-state index is 0.0617. The Hall–Kier alpha value is -0.343. The fourth-order valence-corrected chi connectivity index (χ4v) is 4.77. The van der Waals surface area contributed by atoms with Gasteiger partial charge >= 0.3 is 0 Å². The quantitative estimate of drug-likeness (QED) is 0.510. The minimum atomic E-state index is -1.44. The molecule has 0 amide bonds. The van der Waals surface area contributed by atoms with Gasteiger partial charge in [-0.25, -0.2) is 0 Å². The van der Waals surface area contributed by atoms with Crippen molar-refractivity contribution in [2.45, 2.75) is 26.6 Å². The molecule has 0 aliphatic heterocycles. The molecule has 1 rings (SSSR count). The standard InChI is InChI=1S/C10H15ClOSi/c1-6(2)7-9(12)8(11)10(7)13(3,4)5/h7H,1H2,2-5H3. The first-order valence-electron chi connectivity index (χ1n) is 4.36. The highest BCUT2D eigenvalue weighted by Gasteiger charge is 2.44. The van der Waals surface area contributed by atoms with Crippen LogP contribution in [0.1, 0.15) is 6.92 Å². The van der Waals surface area contributed by atoms with Crippen molar-refractivity contribution in [3.63, 3.8) is 0 Å². The van der Waals surface area contributed by atoms with Gasteiger partial charge in [0.15, 0.2) is 5.78 Å². The summed E-state index contributed by atoms with van der Waals surface area (Å²) in [4.78, 5) is 11.4. The average Bonchev–Trinajstić information content (AvgIpc) is 1.94. The van der Waals surface area contributed by atoms with Crippen molar-refractivity contribution >= 4 is 25.5 Å². The lowest BCUT2D eigenvalue weighted by molar-refractivity contribution is -0.118. The van der Waals surface area contributed by atoms with Gasteiger partial charge in [-0.2, -0.15) is 0 Å². The summed E-state index contributed by atoms with van der Waals surface area (Å²) in [6.07, 6.45) is 0. The van der Waals surface area contributed by atoms with Crippen molar-refractivity contribution in [2.75, 3.05) is 0 Å². The molecular formula is C10H15ClOSi. The van der Waals surface area contributed by atoms with Gasteiger partial charge in [-0.05, 0) is 12.1 Å². The van der Waals surface area contributed by atoms with Gasteiger partial charge in [0.25, 0.3) is 0 Å². The third-order valence-corrected chi connectivity index (χ3v) is 5.01. The lowest BCUT2D eigenvalue weighted by Crippen LogP contribution is -2.42. The molecule has 0 heterocycles. The zero-order valence-electron chi connectivity index (χ0n) is 8.57. The highest BCUT2D eigenvalue weighted by Crippen LogP contribution is 2.42. The third-order valence-electron chi connectivity index (χ3n) is 2.30. The monoisotopic (exact) mass is 214 g/mol. The molecule has 1 atom stereocenters. The molecule has 0 N–H and O–H groups in total. The highest BCUT2D eigenvalue weighted by atomic mass is 35.5. The lowest BCUT2D eigenvalue weighted by Gasteiger charge is -2.36. The van der Waals surface area contributed by atoms with Gasteiger partial charge in [0.1, 0.15) is 0 Å². The Morgan fingerprint density at radius 2 is 1.92 bits per heavy atom. The van der Waals surface area contributed by atoms with Gasteiger partial charge in [-0.1, -0.05) is 43.4 Å². The van der Waals surface area contributed by atoms with Crippen LogP contribution in [-0.4, -0.2) is 13.9 Å². The summed E-state index contributed by atoms with van der Waals surface area (Å²) in [5.41, 5.74) is 0.923. The fourth-order valence-electron chi connectivity index (χ4n) is 1.67. The van der Waals surface area contributed by atoms with Crippen LogP contribution in [0.25, 0.3) is 0 Å². The SMILES string of the molecule is C=C(C)C1C(=O)C(Cl)=C1[Si](C)(C)C. The second-order valence-electron chi connectivity index (χ2n) is 4.62. The number of halogens is 1. The molecule has 72 valence electrons. The summed E-state index contributed by atoms with van der Waals surface area (Å²) >= 11 is 5.91.